The number of nitrogens with one attached hydrogen (secondary N) is 2. The van der Waals surface area contributed by atoms with E-state index in [4.69, 9.17) is 5.73 Å². The molecule has 1 aromatic rings. The largest absolute Gasteiger partial charge is 0.327 e. The number of aromatic nitrogens is 2. The number of hydrogen-bond acceptors (Lipinski definition) is 4. The summed E-state index contributed by atoms with van der Waals surface area (Å²) in [5.41, 5.74) is 5.85. The summed E-state index contributed by atoms with van der Waals surface area (Å²) in [7, 11) is 1.71. The number of carbonyl (C=O) groups is 2. The van der Waals surface area contributed by atoms with Crippen LogP contribution in [0.4, 0.5) is 4.79 Å². The number of halogens is 1. The van der Waals surface area contributed by atoms with Crippen molar-refractivity contribution in [2.45, 2.75) is 12.5 Å². The van der Waals surface area contributed by atoms with Gasteiger partial charge in [0.2, 0.25) is 0 Å². The lowest BCUT2D eigenvalue weighted by Gasteiger charge is -2.25. The SMILES string of the molecule is Cc1cnn(C)c1C1(CN)NC(=O)NC1=O.Cl. The summed E-state index contributed by atoms with van der Waals surface area (Å²) in [6, 6.07) is -0.531. The standard InChI is InChI=1S/C9H13N5O2.ClH/c1-5-3-11-14(2)6(5)9(4-10)7(15)12-8(16)13-9;/h3H,4,10H2,1-2H3,(H2,12,13,15,16);1H. The number of nitrogens with two attached hydrogens (primary N) is 1. The molecule has 0 bridgehead atoms. The van der Waals surface area contributed by atoms with Gasteiger partial charge in [0.1, 0.15) is 0 Å². The van der Waals surface area contributed by atoms with Gasteiger partial charge in [-0.1, -0.05) is 0 Å². The second-order valence-corrected chi connectivity index (χ2v) is 3.82. The van der Waals surface area contributed by atoms with Crippen LogP contribution in [0.2, 0.25) is 0 Å². The van der Waals surface area contributed by atoms with E-state index < -0.39 is 17.5 Å². The van der Waals surface area contributed by atoms with Crippen LogP contribution in [0.25, 0.3) is 0 Å². The second-order valence-electron chi connectivity index (χ2n) is 3.82. The molecular formula is C9H14ClN5O2. The normalized spacial score (nSPS) is 23.0. The Kier molecular flexibility index (Phi) is 3.44. The highest BCUT2D eigenvalue weighted by Crippen LogP contribution is 2.25. The van der Waals surface area contributed by atoms with Crippen molar-refractivity contribution in [3.63, 3.8) is 0 Å². The van der Waals surface area contributed by atoms with Crippen molar-refractivity contribution >= 4 is 24.3 Å². The molecule has 0 aliphatic carbocycles. The molecule has 1 aromatic heterocycles. The fourth-order valence-corrected chi connectivity index (χ4v) is 2.06. The molecule has 1 atom stereocenters. The molecule has 1 saturated heterocycles. The number of carbonyl (C=O) groups excluding carboxylic acids is 2. The Bertz CT molecular complexity index is 452. The molecule has 1 unspecified atom stereocenters. The predicted molar refractivity (Wildman–Crippen MR) is 62.6 cm³/mol. The zero-order chi connectivity index (χ0) is 11.9. The van der Waals surface area contributed by atoms with Gasteiger partial charge in [-0.05, 0) is 12.5 Å². The number of imide groups is 1. The molecule has 7 nitrogen and oxygen atoms in total. The molecule has 1 fully saturated rings. The third-order valence-electron chi connectivity index (χ3n) is 2.77. The van der Waals surface area contributed by atoms with E-state index in [0.29, 0.717) is 5.69 Å². The number of rotatable bonds is 2. The zero-order valence-corrected chi connectivity index (χ0v) is 10.3. The average Bonchev–Trinajstić information content (AvgIpc) is 2.69. The van der Waals surface area contributed by atoms with E-state index >= 15 is 0 Å². The molecule has 0 aromatic carbocycles. The maximum absolute atomic E-state index is 11.8. The van der Waals surface area contributed by atoms with Gasteiger partial charge >= 0.3 is 6.03 Å². The Morgan fingerprint density at radius 1 is 1.53 bits per heavy atom. The Morgan fingerprint density at radius 3 is 2.53 bits per heavy atom. The van der Waals surface area contributed by atoms with Crippen molar-refractivity contribution in [3.05, 3.63) is 17.5 Å². The monoisotopic (exact) mass is 259 g/mol. The Hall–Kier alpha value is -1.60. The van der Waals surface area contributed by atoms with Crippen LogP contribution in [0, 0.1) is 6.92 Å². The van der Waals surface area contributed by atoms with Crippen LogP contribution in [0.15, 0.2) is 6.20 Å². The molecule has 3 amide bonds. The summed E-state index contributed by atoms with van der Waals surface area (Å²) in [6.07, 6.45) is 1.63. The molecule has 2 rings (SSSR count). The number of amides is 3. The zero-order valence-electron chi connectivity index (χ0n) is 9.48. The maximum Gasteiger partial charge on any atom is 0.322 e. The van der Waals surface area contributed by atoms with Crippen LogP contribution >= 0.6 is 12.4 Å². The van der Waals surface area contributed by atoms with Gasteiger partial charge in [-0.25, -0.2) is 4.79 Å². The van der Waals surface area contributed by atoms with E-state index in [2.05, 4.69) is 15.7 Å². The molecule has 2 heterocycles. The van der Waals surface area contributed by atoms with Crippen LogP contribution < -0.4 is 16.4 Å². The first kappa shape index (κ1) is 13.5. The fourth-order valence-electron chi connectivity index (χ4n) is 2.06. The second kappa shape index (κ2) is 4.34. The lowest BCUT2D eigenvalue weighted by Crippen LogP contribution is -2.51. The van der Waals surface area contributed by atoms with E-state index in [9.17, 15) is 9.59 Å². The minimum Gasteiger partial charge on any atom is -0.327 e. The first-order chi connectivity index (χ1) is 7.51. The molecular weight excluding hydrogens is 246 g/mol. The first-order valence-corrected chi connectivity index (χ1v) is 4.84. The van der Waals surface area contributed by atoms with Crippen LogP contribution in [0.3, 0.4) is 0 Å². The number of hydrogen-bond donors (Lipinski definition) is 3. The van der Waals surface area contributed by atoms with Crippen LogP contribution in [-0.4, -0.2) is 28.3 Å². The Balaban J connectivity index is 0.00000144. The van der Waals surface area contributed by atoms with Crippen LogP contribution in [-0.2, 0) is 17.4 Å². The van der Waals surface area contributed by atoms with Gasteiger partial charge < -0.3 is 11.1 Å². The summed E-state index contributed by atoms with van der Waals surface area (Å²) in [4.78, 5) is 23.0. The van der Waals surface area contributed by atoms with E-state index in [0.717, 1.165) is 5.56 Å². The minimum absolute atomic E-state index is 0. The number of aryl methyl sites for hydroxylation is 2. The van der Waals surface area contributed by atoms with Crippen LogP contribution in [0.5, 0.6) is 0 Å². The highest BCUT2D eigenvalue weighted by molar-refractivity contribution is 6.07. The maximum atomic E-state index is 11.8. The Labute approximate surface area is 104 Å². The Morgan fingerprint density at radius 2 is 2.18 bits per heavy atom. The van der Waals surface area contributed by atoms with Crippen molar-refractivity contribution in [2.75, 3.05) is 6.54 Å². The summed E-state index contributed by atoms with van der Waals surface area (Å²) in [5, 5.41) is 8.80. The van der Waals surface area contributed by atoms with Crippen molar-refractivity contribution in [1.29, 1.82) is 0 Å². The highest BCUT2D eigenvalue weighted by Gasteiger charge is 2.49. The van der Waals surface area contributed by atoms with Crippen molar-refractivity contribution in [1.82, 2.24) is 20.4 Å². The third-order valence-corrected chi connectivity index (χ3v) is 2.77. The van der Waals surface area contributed by atoms with E-state index in [1.807, 2.05) is 6.92 Å². The van der Waals surface area contributed by atoms with Gasteiger partial charge in [0.15, 0.2) is 5.54 Å². The van der Waals surface area contributed by atoms with Gasteiger partial charge in [0.25, 0.3) is 5.91 Å². The number of nitrogens with zero attached hydrogens (tertiary/aromatic N) is 2. The number of urea groups is 1. The topological polar surface area (TPSA) is 102 Å². The van der Waals surface area contributed by atoms with Crippen LogP contribution in [0.1, 0.15) is 11.3 Å². The summed E-state index contributed by atoms with van der Waals surface area (Å²) in [5.74, 6) is -0.438. The van der Waals surface area contributed by atoms with Crippen molar-refractivity contribution < 1.29 is 9.59 Å². The van der Waals surface area contributed by atoms with E-state index in [1.165, 1.54) is 0 Å². The molecule has 0 spiro atoms. The molecule has 1 aliphatic heterocycles. The molecule has 0 radical (unpaired) electrons. The van der Waals surface area contributed by atoms with Gasteiger partial charge in [0, 0.05) is 13.6 Å². The summed E-state index contributed by atoms with van der Waals surface area (Å²) < 4.78 is 1.55. The van der Waals surface area contributed by atoms with E-state index in [-0.39, 0.29) is 19.0 Å². The van der Waals surface area contributed by atoms with Crippen molar-refractivity contribution in [2.24, 2.45) is 12.8 Å². The van der Waals surface area contributed by atoms with Crippen molar-refractivity contribution in [3.8, 4) is 0 Å². The molecule has 17 heavy (non-hydrogen) atoms. The fraction of sp³-hybridized carbons (Fsp3) is 0.444. The predicted octanol–water partition coefficient (Wildman–Crippen LogP) is -0.856. The smallest absolute Gasteiger partial charge is 0.322 e. The lowest BCUT2D eigenvalue weighted by molar-refractivity contribution is -0.124. The third kappa shape index (κ3) is 1.77. The first-order valence-electron chi connectivity index (χ1n) is 4.84. The van der Waals surface area contributed by atoms with Gasteiger partial charge in [-0.15, -0.1) is 12.4 Å². The molecule has 0 saturated carbocycles. The molecule has 8 heteroatoms. The molecule has 94 valence electrons. The quantitative estimate of drug-likeness (QED) is 0.602. The lowest BCUT2D eigenvalue weighted by atomic mass is 9.93. The average molecular weight is 260 g/mol. The van der Waals surface area contributed by atoms with Gasteiger partial charge in [0.05, 0.1) is 11.9 Å². The molecule has 1 aliphatic rings. The minimum atomic E-state index is -1.20. The highest BCUT2D eigenvalue weighted by atomic mass is 35.5. The van der Waals surface area contributed by atoms with E-state index in [1.54, 1.807) is 17.9 Å². The molecule has 4 N–H and O–H groups in total. The summed E-state index contributed by atoms with van der Waals surface area (Å²) >= 11 is 0. The summed E-state index contributed by atoms with van der Waals surface area (Å²) in [6.45, 7) is 1.81. The van der Waals surface area contributed by atoms with Gasteiger partial charge in [-0.2, -0.15) is 5.10 Å². The van der Waals surface area contributed by atoms with Gasteiger partial charge in [-0.3, -0.25) is 14.8 Å².